The van der Waals surface area contributed by atoms with Gasteiger partial charge in [0.15, 0.2) is 0 Å². The van der Waals surface area contributed by atoms with Gasteiger partial charge in [0.2, 0.25) is 0 Å². The van der Waals surface area contributed by atoms with Crippen LogP contribution in [0, 0.1) is 0 Å². The van der Waals surface area contributed by atoms with E-state index < -0.39 is 5.97 Å². The van der Waals surface area contributed by atoms with Crippen LogP contribution in [0.25, 0.3) is 0 Å². The van der Waals surface area contributed by atoms with Gasteiger partial charge in [0, 0.05) is 22.6 Å². The van der Waals surface area contributed by atoms with Gasteiger partial charge < -0.3 is 9.84 Å². The Morgan fingerprint density at radius 1 is 1.58 bits per heavy atom. The van der Waals surface area contributed by atoms with Crippen LogP contribution in [0.2, 0.25) is 0 Å². The molecule has 19 heavy (non-hydrogen) atoms. The first-order valence-corrected chi connectivity index (χ1v) is 7.20. The minimum Gasteiger partial charge on any atom is -0.496 e. The third-order valence-corrected chi connectivity index (χ3v) is 4.02. The van der Waals surface area contributed by atoms with E-state index in [2.05, 4.69) is 26.9 Å². The molecule has 0 aliphatic carbocycles. The second-order valence-corrected chi connectivity index (χ2v) is 5.64. The highest BCUT2D eigenvalue weighted by atomic mass is 79.9. The molecule has 5 heteroatoms. The number of carbonyl (C=O) groups is 1. The summed E-state index contributed by atoms with van der Waals surface area (Å²) in [7, 11) is 1.67. The summed E-state index contributed by atoms with van der Waals surface area (Å²) in [6, 6.07) is 6.24. The first-order chi connectivity index (χ1) is 9.11. The van der Waals surface area contributed by atoms with E-state index in [4.69, 9.17) is 9.84 Å². The Labute approximate surface area is 121 Å². The monoisotopic (exact) mass is 327 g/mol. The zero-order chi connectivity index (χ0) is 13.8. The summed E-state index contributed by atoms with van der Waals surface area (Å²) in [5.74, 6) is 0.127. The Hall–Kier alpha value is -1.07. The van der Waals surface area contributed by atoms with Gasteiger partial charge in [-0.1, -0.05) is 15.9 Å². The average Bonchev–Trinajstić information content (AvgIpc) is 2.84. The summed E-state index contributed by atoms with van der Waals surface area (Å²) in [6.45, 7) is 1.54. The van der Waals surface area contributed by atoms with E-state index in [9.17, 15) is 4.79 Å². The van der Waals surface area contributed by atoms with Crippen LogP contribution in [-0.4, -0.2) is 36.2 Å². The highest BCUT2D eigenvalue weighted by Gasteiger charge is 2.28. The molecule has 4 nitrogen and oxygen atoms in total. The smallest absolute Gasteiger partial charge is 0.304 e. The van der Waals surface area contributed by atoms with Gasteiger partial charge in [0.05, 0.1) is 13.5 Å². The number of aliphatic carboxylic acids is 1. The molecular weight excluding hydrogens is 310 g/mol. The van der Waals surface area contributed by atoms with Gasteiger partial charge in [-0.05, 0) is 37.6 Å². The van der Waals surface area contributed by atoms with Crippen molar-refractivity contribution in [1.82, 2.24) is 4.90 Å². The van der Waals surface area contributed by atoms with E-state index in [1.807, 2.05) is 12.1 Å². The maximum Gasteiger partial charge on any atom is 0.304 e. The lowest BCUT2D eigenvalue weighted by molar-refractivity contribution is -0.137. The summed E-state index contributed by atoms with van der Waals surface area (Å²) in [4.78, 5) is 13.0. The molecule has 0 amide bonds. The number of rotatable bonds is 5. The summed E-state index contributed by atoms with van der Waals surface area (Å²) in [5.41, 5.74) is 1.14. The van der Waals surface area contributed by atoms with Crippen LogP contribution in [0.5, 0.6) is 5.75 Å². The molecule has 104 valence electrons. The van der Waals surface area contributed by atoms with Gasteiger partial charge in [-0.25, -0.2) is 0 Å². The highest BCUT2D eigenvalue weighted by Crippen LogP contribution is 2.38. The fourth-order valence-electron chi connectivity index (χ4n) is 2.65. The van der Waals surface area contributed by atoms with Crippen LogP contribution in [-0.2, 0) is 4.79 Å². The van der Waals surface area contributed by atoms with E-state index in [-0.39, 0.29) is 12.5 Å². The number of benzene rings is 1. The molecule has 0 unspecified atom stereocenters. The first-order valence-electron chi connectivity index (χ1n) is 6.41. The van der Waals surface area contributed by atoms with Gasteiger partial charge in [-0.15, -0.1) is 0 Å². The number of hydrogen-bond acceptors (Lipinski definition) is 3. The zero-order valence-electron chi connectivity index (χ0n) is 10.9. The van der Waals surface area contributed by atoms with Crippen LogP contribution >= 0.6 is 15.9 Å². The topological polar surface area (TPSA) is 49.8 Å². The molecule has 1 aromatic carbocycles. The number of carboxylic acids is 1. The van der Waals surface area contributed by atoms with Crippen molar-refractivity contribution in [3.8, 4) is 5.75 Å². The third-order valence-electron chi connectivity index (χ3n) is 3.53. The van der Waals surface area contributed by atoms with Crippen molar-refractivity contribution in [3.63, 3.8) is 0 Å². The highest BCUT2D eigenvalue weighted by molar-refractivity contribution is 9.10. The van der Waals surface area contributed by atoms with Crippen molar-refractivity contribution in [1.29, 1.82) is 0 Å². The van der Waals surface area contributed by atoms with Crippen LogP contribution in [0.3, 0.4) is 0 Å². The Bertz CT molecular complexity index is 464. The van der Waals surface area contributed by atoms with Crippen molar-refractivity contribution < 1.29 is 14.6 Å². The summed E-state index contributed by atoms with van der Waals surface area (Å²) < 4.78 is 6.44. The molecular formula is C14H18BrNO3. The van der Waals surface area contributed by atoms with E-state index in [1.165, 1.54) is 0 Å². The number of likely N-dealkylation sites (tertiary alicyclic amines) is 1. The molecule has 0 aromatic heterocycles. The predicted molar refractivity (Wildman–Crippen MR) is 76.5 cm³/mol. The number of carboxylic acid groups (broad SMARTS) is 1. The summed E-state index contributed by atoms with van der Waals surface area (Å²) in [6.07, 6.45) is 2.33. The molecule has 2 rings (SSSR count). The molecule has 0 saturated carbocycles. The summed E-state index contributed by atoms with van der Waals surface area (Å²) in [5, 5.41) is 8.82. The van der Waals surface area contributed by atoms with E-state index in [0.717, 1.165) is 35.2 Å². The van der Waals surface area contributed by atoms with Crippen molar-refractivity contribution in [3.05, 3.63) is 28.2 Å². The van der Waals surface area contributed by atoms with Crippen molar-refractivity contribution in [2.24, 2.45) is 0 Å². The third kappa shape index (κ3) is 3.48. The first kappa shape index (κ1) is 14.3. The van der Waals surface area contributed by atoms with E-state index >= 15 is 0 Å². The zero-order valence-corrected chi connectivity index (χ0v) is 12.5. The van der Waals surface area contributed by atoms with E-state index in [0.29, 0.717) is 6.54 Å². The Morgan fingerprint density at radius 2 is 2.37 bits per heavy atom. The van der Waals surface area contributed by atoms with Crippen LogP contribution in [0.15, 0.2) is 22.7 Å². The van der Waals surface area contributed by atoms with Gasteiger partial charge >= 0.3 is 5.97 Å². The van der Waals surface area contributed by atoms with Gasteiger partial charge in [-0.3, -0.25) is 9.69 Å². The van der Waals surface area contributed by atoms with Crippen LogP contribution in [0.1, 0.15) is 30.9 Å². The number of ether oxygens (including phenoxy) is 1. The van der Waals surface area contributed by atoms with Gasteiger partial charge in [0.25, 0.3) is 0 Å². The second kappa shape index (κ2) is 6.39. The molecule has 1 aliphatic rings. The number of halogens is 1. The van der Waals surface area contributed by atoms with Crippen LogP contribution in [0.4, 0.5) is 0 Å². The molecule has 0 bridgehead atoms. The Kier molecular flexibility index (Phi) is 4.82. The average molecular weight is 328 g/mol. The molecule has 0 radical (unpaired) electrons. The lowest BCUT2D eigenvalue weighted by Gasteiger charge is -2.25. The fourth-order valence-corrected chi connectivity index (χ4v) is 3.03. The quantitative estimate of drug-likeness (QED) is 0.902. The molecule has 0 spiro atoms. The van der Waals surface area contributed by atoms with Crippen molar-refractivity contribution >= 4 is 21.9 Å². The number of nitrogens with zero attached hydrogens (tertiary/aromatic N) is 1. The fraction of sp³-hybridized carbons (Fsp3) is 0.500. The van der Waals surface area contributed by atoms with Crippen molar-refractivity contribution in [2.75, 3.05) is 20.2 Å². The molecule has 1 heterocycles. The van der Waals surface area contributed by atoms with Crippen LogP contribution < -0.4 is 4.74 Å². The second-order valence-electron chi connectivity index (χ2n) is 4.72. The van der Waals surface area contributed by atoms with E-state index in [1.54, 1.807) is 7.11 Å². The predicted octanol–water partition coefficient (Wildman–Crippen LogP) is 3.07. The molecule has 1 N–H and O–H groups in total. The Morgan fingerprint density at radius 3 is 3.05 bits per heavy atom. The molecule has 1 fully saturated rings. The van der Waals surface area contributed by atoms with Crippen molar-refractivity contribution in [2.45, 2.75) is 25.3 Å². The van der Waals surface area contributed by atoms with Gasteiger partial charge in [0.1, 0.15) is 5.75 Å². The number of methoxy groups -OCH3 is 1. The normalized spacial score (nSPS) is 19.6. The number of hydrogen-bond donors (Lipinski definition) is 1. The molecule has 1 aromatic rings. The lowest BCUT2D eigenvalue weighted by Crippen LogP contribution is -2.26. The molecule has 1 saturated heterocycles. The minimum atomic E-state index is -0.744. The summed E-state index contributed by atoms with van der Waals surface area (Å²) >= 11 is 3.49. The Balaban J connectivity index is 2.19. The maximum absolute atomic E-state index is 10.7. The molecule has 1 atom stereocenters. The van der Waals surface area contributed by atoms with Gasteiger partial charge in [-0.2, -0.15) is 0 Å². The minimum absolute atomic E-state index is 0.187. The lowest BCUT2D eigenvalue weighted by atomic mass is 10.0. The SMILES string of the molecule is COc1ccc(Br)cc1[C@@H]1CCCN1CCC(=O)O. The largest absolute Gasteiger partial charge is 0.496 e. The standard InChI is InChI=1S/C14H18BrNO3/c1-19-13-5-4-10(15)9-11(13)12-3-2-7-16(12)8-6-14(17)18/h4-5,9,12H,2-3,6-8H2,1H3,(H,17,18)/t12-/m0/s1. The maximum atomic E-state index is 10.7. The molecule has 1 aliphatic heterocycles.